The van der Waals surface area contributed by atoms with Gasteiger partial charge in [0, 0.05) is 22.7 Å². The summed E-state index contributed by atoms with van der Waals surface area (Å²) in [5.41, 5.74) is -0.189. The molecule has 0 aliphatic heterocycles. The van der Waals surface area contributed by atoms with Gasteiger partial charge in [0.05, 0.1) is 26.2 Å². The van der Waals surface area contributed by atoms with Crippen LogP contribution in [0.4, 0.5) is 0 Å². The molecule has 0 spiro atoms. The minimum absolute atomic E-state index is 0.162. The van der Waals surface area contributed by atoms with Crippen molar-refractivity contribution in [3.05, 3.63) is 30.3 Å². The Labute approximate surface area is 253 Å². The maximum Gasteiger partial charge on any atom is 0.305 e. The molecule has 0 heterocycles. The van der Waals surface area contributed by atoms with E-state index in [1.165, 1.54) is 12.5 Å². The van der Waals surface area contributed by atoms with Crippen LogP contribution < -0.4 is 0 Å². The highest BCUT2D eigenvalue weighted by Crippen LogP contribution is 2.50. The zero-order valence-corrected chi connectivity index (χ0v) is 29.2. The zero-order chi connectivity index (χ0) is 29.7. The zero-order valence-electron chi connectivity index (χ0n) is 25.7. The molecule has 2 atom stereocenters. The predicted molar refractivity (Wildman–Crippen MR) is 176 cm³/mol. The molecule has 0 radical (unpaired) electrons. The van der Waals surface area contributed by atoms with Crippen LogP contribution in [-0.4, -0.2) is 42.1 Å². The second-order valence-electron chi connectivity index (χ2n) is 12.8. The van der Waals surface area contributed by atoms with E-state index in [0.29, 0.717) is 19.6 Å². The fraction of sp³-hybridized carbons (Fsp3) is 0.710. The van der Waals surface area contributed by atoms with Crippen LogP contribution in [0.15, 0.2) is 35.2 Å². The third-order valence-electron chi connectivity index (χ3n) is 8.29. The van der Waals surface area contributed by atoms with Crippen LogP contribution in [0.3, 0.4) is 0 Å². The summed E-state index contributed by atoms with van der Waals surface area (Å²) in [5, 5.41) is 10.2. The SMILES string of the molecule is CCC(C)[Si](C)(C)CCCOCCOC(=O)CCC(C)(C#N)C(C)(C)CC(C)(C)SC(=S)Sc1ccccc1. The number of benzene rings is 1. The summed E-state index contributed by atoms with van der Waals surface area (Å²) >= 11 is 8.96. The molecule has 0 aliphatic rings. The average Bonchev–Trinajstić information content (AvgIpc) is 2.85. The van der Waals surface area contributed by atoms with Crippen molar-refractivity contribution in [1.29, 1.82) is 5.26 Å². The molecule has 0 saturated heterocycles. The first kappa shape index (κ1) is 36.2. The summed E-state index contributed by atoms with van der Waals surface area (Å²) in [6.45, 7) is 21.5. The summed E-state index contributed by atoms with van der Waals surface area (Å²) < 4.78 is 11.8. The van der Waals surface area contributed by atoms with Gasteiger partial charge in [-0.25, -0.2) is 0 Å². The number of nitriles is 1. The summed E-state index contributed by atoms with van der Waals surface area (Å²) in [7, 11) is -1.18. The van der Waals surface area contributed by atoms with Crippen molar-refractivity contribution in [2.45, 2.75) is 115 Å². The number of esters is 1. The van der Waals surface area contributed by atoms with Gasteiger partial charge in [-0.05, 0) is 49.3 Å². The van der Waals surface area contributed by atoms with E-state index in [1.54, 1.807) is 23.5 Å². The number of nitrogens with zero attached hydrogens (tertiary/aromatic N) is 1. The molecule has 1 aromatic carbocycles. The van der Waals surface area contributed by atoms with Gasteiger partial charge in [0.25, 0.3) is 0 Å². The maximum absolute atomic E-state index is 12.5. The minimum atomic E-state index is -1.18. The van der Waals surface area contributed by atoms with Crippen molar-refractivity contribution in [2.75, 3.05) is 19.8 Å². The van der Waals surface area contributed by atoms with Crippen LogP contribution >= 0.6 is 35.7 Å². The highest BCUT2D eigenvalue weighted by molar-refractivity contribution is 8.47. The molecule has 0 N–H and O–H groups in total. The summed E-state index contributed by atoms with van der Waals surface area (Å²) in [4.78, 5) is 13.6. The van der Waals surface area contributed by atoms with Gasteiger partial charge in [-0.15, -0.1) is 11.8 Å². The van der Waals surface area contributed by atoms with Gasteiger partial charge >= 0.3 is 5.97 Å². The third-order valence-corrected chi connectivity index (χ3v) is 15.5. The van der Waals surface area contributed by atoms with E-state index in [-0.39, 0.29) is 29.2 Å². The number of thiocarbonyl (C=S) groups is 1. The first-order chi connectivity index (χ1) is 18.1. The summed E-state index contributed by atoms with van der Waals surface area (Å²) in [6.07, 6.45) is 3.77. The topological polar surface area (TPSA) is 59.3 Å². The fourth-order valence-corrected chi connectivity index (χ4v) is 11.0. The van der Waals surface area contributed by atoms with Crippen LogP contribution in [-0.2, 0) is 14.3 Å². The van der Waals surface area contributed by atoms with Crippen molar-refractivity contribution < 1.29 is 14.3 Å². The molecule has 8 heteroatoms. The molecule has 0 bridgehead atoms. The van der Waals surface area contributed by atoms with E-state index in [1.807, 2.05) is 25.1 Å². The van der Waals surface area contributed by atoms with Crippen LogP contribution in [0.25, 0.3) is 0 Å². The van der Waals surface area contributed by atoms with Gasteiger partial charge in [0.15, 0.2) is 0 Å². The Bertz CT molecular complexity index is 946. The largest absolute Gasteiger partial charge is 0.463 e. The molecule has 0 fully saturated rings. The summed E-state index contributed by atoms with van der Waals surface area (Å²) in [5.74, 6) is -0.268. The van der Waals surface area contributed by atoms with Gasteiger partial charge in [0.1, 0.15) is 10.1 Å². The van der Waals surface area contributed by atoms with Crippen molar-refractivity contribution in [3.8, 4) is 6.07 Å². The van der Waals surface area contributed by atoms with Gasteiger partial charge in [0.2, 0.25) is 0 Å². The minimum Gasteiger partial charge on any atom is -0.463 e. The molecule has 4 nitrogen and oxygen atoms in total. The molecular weight excluding hydrogens is 559 g/mol. The van der Waals surface area contributed by atoms with Gasteiger partial charge in [-0.2, -0.15) is 5.26 Å². The molecule has 0 aromatic heterocycles. The van der Waals surface area contributed by atoms with E-state index in [0.717, 1.165) is 26.8 Å². The Morgan fingerprint density at radius 2 is 1.74 bits per heavy atom. The number of carbonyl (C=O) groups excluding carboxylic acids is 1. The second-order valence-corrected chi connectivity index (χ2v) is 22.2. The first-order valence-corrected chi connectivity index (χ1v) is 19.5. The molecule has 0 amide bonds. The van der Waals surface area contributed by atoms with Crippen LogP contribution in [0, 0.1) is 22.2 Å². The predicted octanol–water partition coefficient (Wildman–Crippen LogP) is 9.76. The Hall–Kier alpha value is -0.853. The molecule has 1 rings (SSSR count). The quantitative estimate of drug-likeness (QED) is 0.0573. The van der Waals surface area contributed by atoms with E-state index < -0.39 is 13.5 Å². The van der Waals surface area contributed by atoms with Crippen molar-refractivity contribution in [3.63, 3.8) is 0 Å². The lowest BCUT2D eigenvalue weighted by Crippen LogP contribution is -2.39. The lowest BCUT2D eigenvalue weighted by atomic mass is 9.62. The lowest BCUT2D eigenvalue weighted by Gasteiger charge is -2.43. The molecular formula is C31H51NO3S3Si. The lowest BCUT2D eigenvalue weighted by molar-refractivity contribution is -0.146. The average molecular weight is 610 g/mol. The van der Waals surface area contributed by atoms with Gasteiger partial charge in [-0.3, -0.25) is 4.79 Å². The molecule has 220 valence electrons. The molecule has 2 unspecified atom stereocenters. The first-order valence-electron chi connectivity index (χ1n) is 14.2. The normalized spacial score (nSPS) is 14.8. The van der Waals surface area contributed by atoms with E-state index in [9.17, 15) is 10.1 Å². The standard InChI is InChI=1S/C31H51NO3S3Si/c1-10-25(2)39(8,9)22-14-19-34-20-21-35-27(33)17-18-31(7,24-32)29(3,4)23-30(5,6)38-28(36)37-26-15-12-11-13-16-26/h11-13,15-16,25H,10,14,17-23H2,1-9H3. The van der Waals surface area contributed by atoms with E-state index in [4.69, 9.17) is 21.7 Å². The van der Waals surface area contributed by atoms with Crippen molar-refractivity contribution >= 4 is 53.3 Å². The smallest absolute Gasteiger partial charge is 0.305 e. The van der Waals surface area contributed by atoms with Gasteiger partial charge < -0.3 is 9.47 Å². The Morgan fingerprint density at radius 1 is 1.10 bits per heavy atom. The van der Waals surface area contributed by atoms with E-state index in [2.05, 4.69) is 72.8 Å². The number of hydrogen-bond donors (Lipinski definition) is 0. The van der Waals surface area contributed by atoms with Crippen LogP contribution in [0.5, 0.6) is 0 Å². The molecule has 39 heavy (non-hydrogen) atoms. The van der Waals surface area contributed by atoms with Gasteiger partial charge in [-0.1, -0.05) is 109 Å². The Kier molecular flexibility index (Phi) is 15.4. The maximum atomic E-state index is 12.5. The Morgan fingerprint density at radius 3 is 2.33 bits per heavy atom. The summed E-state index contributed by atoms with van der Waals surface area (Å²) in [6, 6.07) is 13.9. The molecule has 0 saturated carbocycles. The fourth-order valence-electron chi connectivity index (χ4n) is 4.84. The Balaban J connectivity index is 2.47. The second kappa shape index (κ2) is 16.6. The van der Waals surface area contributed by atoms with E-state index >= 15 is 0 Å². The molecule has 1 aromatic rings. The number of carbonyl (C=O) groups is 1. The number of thioether (sulfide) groups is 2. The number of rotatable bonds is 17. The highest BCUT2D eigenvalue weighted by atomic mass is 32.2. The van der Waals surface area contributed by atoms with Crippen LogP contribution in [0.1, 0.15) is 80.6 Å². The monoisotopic (exact) mass is 609 g/mol. The van der Waals surface area contributed by atoms with Crippen LogP contribution in [0.2, 0.25) is 24.7 Å². The van der Waals surface area contributed by atoms with Crippen molar-refractivity contribution in [1.82, 2.24) is 0 Å². The third kappa shape index (κ3) is 13.1. The highest BCUT2D eigenvalue weighted by Gasteiger charge is 2.45. The van der Waals surface area contributed by atoms with Crippen molar-refractivity contribution in [2.24, 2.45) is 10.8 Å². The number of ether oxygens (including phenoxy) is 2. The molecule has 0 aliphatic carbocycles. The number of hydrogen-bond acceptors (Lipinski definition) is 7.